The van der Waals surface area contributed by atoms with Crippen LogP contribution in [0.5, 0.6) is 0 Å². The first kappa shape index (κ1) is 18.7. The molecule has 0 spiro atoms. The average Bonchev–Trinajstić information content (AvgIpc) is 2.80. The Morgan fingerprint density at radius 2 is 1.95 bits per heavy atom. The highest BCUT2D eigenvalue weighted by Gasteiger charge is 2.33. The Balaban J connectivity index is 0.00000242. The normalized spacial score (nSPS) is 20.3. The van der Waals surface area contributed by atoms with Crippen LogP contribution in [0.2, 0.25) is 0 Å². The molecule has 1 saturated heterocycles. The maximum Gasteiger partial charge on any atom is 0.324 e. The molecule has 4 N–H and O–H groups in total. The van der Waals surface area contributed by atoms with E-state index in [1.54, 1.807) is 0 Å². The van der Waals surface area contributed by atoms with Crippen LogP contribution < -0.4 is 16.4 Å². The molecule has 1 aliphatic carbocycles. The minimum atomic E-state index is -0.389. The van der Waals surface area contributed by atoms with Crippen molar-refractivity contribution in [2.24, 2.45) is 11.1 Å². The van der Waals surface area contributed by atoms with E-state index < -0.39 is 0 Å². The summed E-state index contributed by atoms with van der Waals surface area (Å²) in [5.41, 5.74) is 5.80. The van der Waals surface area contributed by atoms with Gasteiger partial charge in [0.25, 0.3) is 0 Å². The highest BCUT2D eigenvalue weighted by atomic mass is 35.5. The van der Waals surface area contributed by atoms with Gasteiger partial charge in [0.1, 0.15) is 0 Å². The van der Waals surface area contributed by atoms with E-state index in [0.29, 0.717) is 19.5 Å². The number of amides is 4. The second-order valence-corrected chi connectivity index (χ2v) is 6.00. The Hall–Kier alpha value is -1.34. The molecule has 0 unspecified atom stereocenters. The van der Waals surface area contributed by atoms with Crippen molar-refractivity contribution in [2.45, 2.75) is 38.5 Å². The SMILES string of the molecule is Cl.NCC1(CC(=O)NCCN2C(=O)CNC2=O)CCCCC1. The van der Waals surface area contributed by atoms with E-state index >= 15 is 0 Å². The third-order valence-corrected chi connectivity index (χ3v) is 4.48. The number of hydrogen-bond acceptors (Lipinski definition) is 4. The molecule has 8 heteroatoms. The summed E-state index contributed by atoms with van der Waals surface area (Å²) in [4.78, 5) is 35.9. The molecule has 7 nitrogen and oxygen atoms in total. The van der Waals surface area contributed by atoms with Crippen LogP contribution in [-0.4, -0.2) is 48.9 Å². The number of urea groups is 1. The maximum atomic E-state index is 12.0. The number of carbonyl (C=O) groups excluding carboxylic acids is 3. The fourth-order valence-electron chi connectivity index (χ4n) is 3.15. The number of halogens is 1. The Bertz CT molecular complexity index is 408. The Labute approximate surface area is 136 Å². The molecule has 2 fully saturated rings. The van der Waals surface area contributed by atoms with Gasteiger partial charge in [-0.2, -0.15) is 0 Å². The average molecular weight is 333 g/mol. The highest BCUT2D eigenvalue weighted by Crippen LogP contribution is 2.38. The molecule has 2 rings (SSSR count). The molecule has 0 aromatic carbocycles. The quantitative estimate of drug-likeness (QED) is 0.611. The van der Waals surface area contributed by atoms with E-state index in [1.807, 2.05) is 0 Å². The number of rotatable bonds is 6. The highest BCUT2D eigenvalue weighted by molar-refractivity contribution is 6.01. The van der Waals surface area contributed by atoms with Gasteiger partial charge in [-0.05, 0) is 24.8 Å². The van der Waals surface area contributed by atoms with Gasteiger partial charge in [0.15, 0.2) is 0 Å². The predicted octanol–water partition coefficient (Wildman–Crippen LogP) is 0.375. The van der Waals surface area contributed by atoms with Crippen molar-refractivity contribution in [1.82, 2.24) is 15.5 Å². The van der Waals surface area contributed by atoms with Crippen molar-refractivity contribution < 1.29 is 14.4 Å². The molecule has 126 valence electrons. The minimum absolute atomic E-state index is 0. The van der Waals surface area contributed by atoms with Crippen molar-refractivity contribution in [1.29, 1.82) is 0 Å². The van der Waals surface area contributed by atoms with Crippen LogP contribution in [-0.2, 0) is 9.59 Å². The molecule has 22 heavy (non-hydrogen) atoms. The zero-order chi connectivity index (χ0) is 15.3. The summed E-state index contributed by atoms with van der Waals surface area (Å²) < 4.78 is 0. The number of nitrogens with zero attached hydrogens (tertiary/aromatic N) is 1. The van der Waals surface area contributed by atoms with Crippen LogP contribution in [0.4, 0.5) is 4.79 Å². The lowest BCUT2D eigenvalue weighted by Gasteiger charge is -2.35. The molecule has 0 atom stereocenters. The number of hydrogen-bond donors (Lipinski definition) is 3. The second kappa shape index (κ2) is 8.33. The topological polar surface area (TPSA) is 105 Å². The third-order valence-electron chi connectivity index (χ3n) is 4.48. The number of imide groups is 1. The smallest absolute Gasteiger partial charge is 0.324 e. The van der Waals surface area contributed by atoms with Gasteiger partial charge in [0.05, 0.1) is 6.54 Å². The van der Waals surface area contributed by atoms with Crippen molar-refractivity contribution in [2.75, 3.05) is 26.2 Å². The molecule has 1 heterocycles. The van der Waals surface area contributed by atoms with Gasteiger partial charge in [-0.25, -0.2) is 4.79 Å². The Morgan fingerprint density at radius 3 is 2.50 bits per heavy atom. The number of carbonyl (C=O) groups is 3. The molecule has 1 aliphatic heterocycles. The van der Waals surface area contributed by atoms with Crippen molar-refractivity contribution >= 4 is 30.3 Å². The van der Waals surface area contributed by atoms with E-state index in [9.17, 15) is 14.4 Å². The van der Waals surface area contributed by atoms with Gasteiger partial charge < -0.3 is 16.4 Å². The molecule has 4 amide bonds. The third kappa shape index (κ3) is 4.58. The summed E-state index contributed by atoms with van der Waals surface area (Å²) >= 11 is 0. The fraction of sp³-hybridized carbons (Fsp3) is 0.786. The molecule has 0 aromatic heterocycles. The zero-order valence-corrected chi connectivity index (χ0v) is 13.5. The second-order valence-electron chi connectivity index (χ2n) is 6.00. The van der Waals surface area contributed by atoms with Gasteiger partial charge in [0.2, 0.25) is 11.8 Å². The van der Waals surface area contributed by atoms with Crippen LogP contribution in [0, 0.1) is 5.41 Å². The van der Waals surface area contributed by atoms with Crippen molar-refractivity contribution in [3.8, 4) is 0 Å². The van der Waals surface area contributed by atoms with E-state index in [1.165, 1.54) is 6.42 Å². The van der Waals surface area contributed by atoms with Crippen LogP contribution in [0.3, 0.4) is 0 Å². The fourth-order valence-corrected chi connectivity index (χ4v) is 3.15. The number of nitrogens with two attached hydrogens (primary N) is 1. The van der Waals surface area contributed by atoms with Gasteiger partial charge in [-0.3, -0.25) is 14.5 Å². The monoisotopic (exact) mass is 332 g/mol. The van der Waals surface area contributed by atoms with E-state index in [4.69, 9.17) is 5.73 Å². The molecular formula is C14H25ClN4O3. The van der Waals surface area contributed by atoms with E-state index in [0.717, 1.165) is 30.6 Å². The largest absolute Gasteiger partial charge is 0.354 e. The lowest BCUT2D eigenvalue weighted by atomic mass is 9.71. The van der Waals surface area contributed by atoms with E-state index in [2.05, 4.69) is 10.6 Å². The molecule has 0 bridgehead atoms. The Morgan fingerprint density at radius 1 is 1.27 bits per heavy atom. The summed E-state index contributed by atoms with van der Waals surface area (Å²) in [5.74, 6) is -0.297. The number of nitrogens with one attached hydrogen (secondary N) is 2. The van der Waals surface area contributed by atoms with Crippen LogP contribution in [0.15, 0.2) is 0 Å². The molecule has 0 radical (unpaired) electrons. The van der Waals surface area contributed by atoms with Crippen molar-refractivity contribution in [3.63, 3.8) is 0 Å². The standard InChI is InChI=1S/C14H24N4O3.ClH/c15-10-14(4-2-1-3-5-14)8-11(19)16-6-7-18-12(20)9-17-13(18)21;/h1-10,15H2,(H,16,19)(H,17,21);1H. The minimum Gasteiger partial charge on any atom is -0.354 e. The Kier molecular flexibility index (Phi) is 7.09. The first-order valence-corrected chi connectivity index (χ1v) is 7.61. The van der Waals surface area contributed by atoms with Gasteiger partial charge in [-0.15, -0.1) is 12.4 Å². The first-order chi connectivity index (χ1) is 10.1. The summed E-state index contributed by atoms with van der Waals surface area (Å²) in [7, 11) is 0. The van der Waals surface area contributed by atoms with Crippen LogP contribution in [0.25, 0.3) is 0 Å². The summed E-state index contributed by atoms with van der Waals surface area (Å²) in [6.45, 7) is 1.08. The van der Waals surface area contributed by atoms with E-state index in [-0.39, 0.29) is 48.8 Å². The summed E-state index contributed by atoms with van der Waals surface area (Å²) in [6, 6.07) is -0.389. The maximum absolute atomic E-state index is 12.0. The lowest BCUT2D eigenvalue weighted by molar-refractivity contribution is -0.126. The van der Waals surface area contributed by atoms with Crippen LogP contribution >= 0.6 is 12.4 Å². The van der Waals surface area contributed by atoms with Gasteiger partial charge >= 0.3 is 6.03 Å². The predicted molar refractivity (Wildman–Crippen MR) is 84.6 cm³/mol. The van der Waals surface area contributed by atoms with Crippen LogP contribution in [0.1, 0.15) is 38.5 Å². The summed E-state index contributed by atoms with van der Waals surface area (Å²) in [5, 5.41) is 5.24. The van der Waals surface area contributed by atoms with Crippen molar-refractivity contribution in [3.05, 3.63) is 0 Å². The molecule has 1 saturated carbocycles. The molecule has 0 aromatic rings. The molecule has 2 aliphatic rings. The summed E-state index contributed by atoms with van der Waals surface area (Å²) in [6.07, 6.45) is 5.92. The van der Waals surface area contributed by atoms with Gasteiger partial charge in [0, 0.05) is 19.5 Å². The lowest BCUT2D eigenvalue weighted by Crippen LogP contribution is -2.42. The molecular weight excluding hydrogens is 308 g/mol. The first-order valence-electron chi connectivity index (χ1n) is 7.61. The van der Waals surface area contributed by atoms with Gasteiger partial charge in [-0.1, -0.05) is 19.3 Å². The zero-order valence-electron chi connectivity index (χ0n) is 12.7.